The lowest BCUT2D eigenvalue weighted by Gasteiger charge is -2.11. The minimum Gasteiger partial charge on any atom is -0.484 e. The van der Waals surface area contributed by atoms with Crippen molar-refractivity contribution in [3.63, 3.8) is 0 Å². The molecule has 0 saturated carbocycles. The van der Waals surface area contributed by atoms with Crippen LogP contribution >= 0.6 is 23.2 Å². The van der Waals surface area contributed by atoms with Gasteiger partial charge in [-0.3, -0.25) is 9.52 Å². The van der Waals surface area contributed by atoms with E-state index in [9.17, 15) is 26.4 Å². The second-order valence-electron chi connectivity index (χ2n) is 6.62. The van der Waals surface area contributed by atoms with Crippen LogP contribution in [-0.2, 0) is 21.0 Å². The molecule has 2 N–H and O–H groups in total. The van der Waals surface area contributed by atoms with Crippen LogP contribution in [-0.4, -0.2) is 20.9 Å². The van der Waals surface area contributed by atoms with Gasteiger partial charge in [-0.15, -0.1) is 0 Å². The van der Waals surface area contributed by atoms with Crippen LogP contribution in [0.4, 0.5) is 24.5 Å². The second kappa shape index (κ2) is 9.90. The number of benzene rings is 3. The van der Waals surface area contributed by atoms with Crippen LogP contribution < -0.4 is 14.8 Å². The van der Waals surface area contributed by atoms with Crippen LogP contribution in [0.3, 0.4) is 0 Å². The van der Waals surface area contributed by atoms with Gasteiger partial charge in [-0.25, -0.2) is 8.42 Å². The summed E-state index contributed by atoms with van der Waals surface area (Å²) in [5.41, 5.74) is -0.711. The number of amides is 1. The first kappa shape index (κ1) is 24.7. The molecule has 0 unspecified atom stereocenters. The van der Waals surface area contributed by atoms with Crippen molar-refractivity contribution >= 4 is 50.5 Å². The Labute approximate surface area is 197 Å². The Morgan fingerprint density at radius 3 is 2.24 bits per heavy atom. The van der Waals surface area contributed by atoms with Gasteiger partial charge < -0.3 is 10.1 Å². The Morgan fingerprint density at radius 1 is 0.909 bits per heavy atom. The zero-order chi connectivity index (χ0) is 24.2. The Kier molecular flexibility index (Phi) is 7.41. The molecule has 174 valence electrons. The molecule has 0 heterocycles. The lowest BCUT2D eigenvalue weighted by Crippen LogP contribution is -2.20. The van der Waals surface area contributed by atoms with E-state index in [0.29, 0.717) is 0 Å². The molecule has 12 heteroatoms. The fraction of sp³-hybridized carbons (Fsp3) is 0.0952. The highest BCUT2D eigenvalue weighted by molar-refractivity contribution is 7.92. The van der Waals surface area contributed by atoms with E-state index >= 15 is 0 Å². The van der Waals surface area contributed by atoms with Crippen LogP contribution in [0.15, 0.2) is 71.6 Å². The molecule has 0 saturated heterocycles. The van der Waals surface area contributed by atoms with Crippen LogP contribution in [0.2, 0.25) is 10.0 Å². The van der Waals surface area contributed by atoms with E-state index in [-0.39, 0.29) is 32.1 Å². The van der Waals surface area contributed by atoms with Gasteiger partial charge in [-0.1, -0.05) is 29.3 Å². The molecule has 0 aliphatic heterocycles. The number of anilines is 2. The summed E-state index contributed by atoms with van der Waals surface area (Å²) in [6, 6.07) is 13.6. The third kappa shape index (κ3) is 6.77. The average molecular weight is 519 g/mol. The maximum Gasteiger partial charge on any atom is 0.416 e. The van der Waals surface area contributed by atoms with E-state index in [1.54, 1.807) is 0 Å². The summed E-state index contributed by atoms with van der Waals surface area (Å²) in [6.07, 6.45) is -4.53. The number of nitrogens with one attached hydrogen (secondary N) is 2. The van der Waals surface area contributed by atoms with Crippen molar-refractivity contribution in [2.45, 2.75) is 11.1 Å². The van der Waals surface area contributed by atoms with Gasteiger partial charge in [0.05, 0.1) is 26.2 Å². The second-order valence-corrected chi connectivity index (χ2v) is 9.12. The maximum atomic E-state index is 12.8. The molecule has 3 rings (SSSR count). The molecule has 0 spiro atoms. The quantitative estimate of drug-likeness (QED) is 0.412. The molecule has 0 aromatic heterocycles. The molecule has 0 aliphatic carbocycles. The fourth-order valence-corrected chi connectivity index (χ4v) is 3.96. The Hall–Kier alpha value is -2.95. The van der Waals surface area contributed by atoms with Gasteiger partial charge in [0.25, 0.3) is 15.9 Å². The fourth-order valence-electron chi connectivity index (χ4n) is 2.61. The molecule has 0 fully saturated rings. The van der Waals surface area contributed by atoms with Crippen molar-refractivity contribution in [3.05, 3.63) is 82.3 Å². The summed E-state index contributed by atoms with van der Waals surface area (Å²) >= 11 is 11.7. The van der Waals surface area contributed by atoms with E-state index in [2.05, 4.69) is 10.0 Å². The highest BCUT2D eigenvalue weighted by Gasteiger charge is 2.30. The molecule has 3 aromatic rings. The summed E-state index contributed by atoms with van der Waals surface area (Å²) in [6.45, 7) is -0.496. The van der Waals surface area contributed by atoms with Gasteiger partial charge in [0.15, 0.2) is 6.61 Å². The molecular formula is C21H15Cl2F3N2O4S. The van der Waals surface area contributed by atoms with Gasteiger partial charge in [-0.05, 0) is 60.7 Å². The lowest BCUT2D eigenvalue weighted by atomic mass is 10.2. The first-order valence-corrected chi connectivity index (χ1v) is 11.4. The number of hydrogen-bond donors (Lipinski definition) is 2. The number of halogens is 5. The number of ether oxygens (including phenoxy) is 1. The van der Waals surface area contributed by atoms with Gasteiger partial charge in [-0.2, -0.15) is 13.2 Å². The molecule has 0 atom stereocenters. The van der Waals surface area contributed by atoms with Crippen molar-refractivity contribution in [2.75, 3.05) is 16.6 Å². The number of sulfonamides is 1. The summed E-state index contributed by atoms with van der Waals surface area (Å²) in [4.78, 5) is 11.9. The van der Waals surface area contributed by atoms with Crippen LogP contribution in [0.5, 0.6) is 5.75 Å². The van der Waals surface area contributed by atoms with Crippen molar-refractivity contribution in [1.82, 2.24) is 0 Å². The standard InChI is InChI=1S/C21H15Cl2F3N2O4S/c22-18-9-4-15(11-19(18)23)28-33(30,31)17-7-5-16(6-8-17)32-12-20(29)27-14-3-1-2-13(10-14)21(24,25)26/h1-11,28H,12H2,(H,27,29). The van der Waals surface area contributed by atoms with E-state index in [4.69, 9.17) is 27.9 Å². The largest absolute Gasteiger partial charge is 0.484 e. The number of carbonyl (C=O) groups excluding carboxylic acids is 1. The Morgan fingerprint density at radius 2 is 1.61 bits per heavy atom. The highest BCUT2D eigenvalue weighted by atomic mass is 35.5. The molecule has 3 aromatic carbocycles. The van der Waals surface area contributed by atoms with Crippen LogP contribution in [0.25, 0.3) is 0 Å². The molecule has 0 aliphatic rings. The summed E-state index contributed by atoms with van der Waals surface area (Å²) < 4.78 is 70.9. The van der Waals surface area contributed by atoms with Gasteiger partial charge in [0, 0.05) is 5.69 Å². The number of carbonyl (C=O) groups is 1. The molecule has 6 nitrogen and oxygen atoms in total. The van der Waals surface area contributed by atoms with Crippen molar-refractivity contribution < 1.29 is 31.1 Å². The minimum absolute atomic E-state index is 0.0340. The first-order valence-electron chi connectivity index (χ1n) is 9.12. The van der Waals surface area contributed by atoms with Crippen molar-refractivity contribution in [2.24, 2.45) is 0 Å². The van der Waals surface area contributed by atoms with Crippen LogP contribution in [0.1, 0.15) is 5.56 Å². The van der Waals surface area contributed by atoms with Gasteiger partial charge >= 0.3 is 6.18 Å². The number of rotatable bonds is 7. The van der Waals surface area contributed by atoms with E-state index < -0.39 is 34.3 Å². The zero-order valence-corrected chi connectivity index (χ0v) is 18.8. The molecule has 1 amide bonds. The van der Waals surface area contributed by atoms with Crippen LogP contribution in [0, 0.1) is 0 Å². The molecule has 0 radical (unpaired) electrons. The maximum absolute atomic E-state index is 12.8. The third-order valence-corrected chi connectivity index (χ3v) is 6.29. The normalized spacial score (nSPS) is 11.7. The molecule has 33 heavy (non-hydrogen) atoms. The van der Waals surface area contributed by atoms with Crippen molar-refractivity contribution in [1.29, 1.82) is 0 Å². The zero-order valence-electron chi connectivity index (χ0n) is 16.5. The summed E-state index contributed by atoms with van der Waals surface area (Å²) in [5.74, 6) is -0.505. The number of hydrogen-bond acceptors (Lipinski definition) is 4. The topological polar surface area (TPSA) is 84.5 Å². The van der Waals surface area contributed by atoms with E-state index in [0.717, 1.165) is 12.1 Å². The van der Waals surface area contributed by atoms with Crippen molar-refractivity contribution in [3.8, 4) is 5.75 Å². The first-order chi connectivity index (χ1) is 15.4. The van der Waals surface area contributed by atoms with Gasteiger partial charge in [0.1, 0.15) is 5.75 Å². The molecule has 0 bridgehead atoms. The smallest absolute Gasteiger partial charge is 0.416 e. The monoisotopic (exact) mass is 518 g/mol. The molecular weight excluding hydrogens is 504 g/mol. The minimum atomic E-state index is -4.53. The van der Waals surface area contributed by atoms with Gasteiger partial charge in [0.2, 0.25) is 0 Å². The lowest BCUT2D eigenvalue weighted by molar-refractivity contribution is -0.137. The third-order valence-electron chi connectivity index (χ3n) is 4.15. The summed E-state index contributed by atoms with van der Waals surface area (Å²) in [5, 5.41) is 2.77. The van der Waals surface area contributed by atoms with E-state index in [1.165, 1.54) is 54.6 Å². The highest BCUT2D eigenvalue weighted by Crippen LogP contribution is 2.31. The summed E-state index contributed by atoms with van der Waals surface area (Å²) in [7, 11) is -3.93. The SMILES string of the molecule is O=C(COc1ccc(S(=O)(=O)Nc2ccc(Cl)c(Cl)c2)cc1)Nc1cccc(C(F)(F)F)c1. The average Bonchev–Trinajstić information content (AvgIpc) is 2.74. The van der Waals surface area contributed by atoms with E-state index in [1.807, 2.05) is 0 Å². The number of alkyl halides is 3. The predicted molar refractivity (Wildman–Crippen MR) is 119 cm³/mol. The predicted octanol–water partition coefficient (Wildman–Crippen LogP) is 5.83. The Balaban J connectivity index is 1.59. The Bertz CT molecular complexity index is 1270.